The molecule has 0 radical (unpaired) electrons. The predicted molar refractivity (Wildman–Crippen MR) is 134 cm³/mol. The second-order valence-electron chi connectivity index (χ2n) is 10.3. The maximum atomic E-state index is 13.8. The molecule has 10 heteroatoms. The van der Waals surface area contributed by atoms with Crippen LogP contribution < -0.4 is 5.56 Å². The van der Waals surface area contributed by atoms with Gasteiger partial charge in [0.1, 0.15) is 11.2 Å². The summed E-state index contributed by atoms with van der Waals surface area (Å²) >= 11 is 0. The topological polar surface area (TPSA) is 79.7 Å². The SMILES string of the molecule is CC(C)(C)OC(=O)N1CCC(c2cc(=O)[nH]c3c4c(-c5ccccc5C(F)(F)F)cccc4nn23)CC1. The number of ether oxygens (including phenoxy) is 1. The second kappa shape index (κ2) is 8.93. The van der Waals surface area contributed by atoms with Crippen LogP contribution in [0.5, 0.6) is 0 Å². The first-order valence-electron chi connectivity index (χ1n) is 12.1. The van der Waals surface area contributed by atoms with Crippen molar-refractivity contribution in [2.45, 2.75) is 51.3 Å². The predicted octanol–water partition coefficient (Wildman–Crippen LogP) is 5.98. The fourth-order valence-electron chi connectivity index (χ4n) is 4.95. The number of carbonyl (C=O) groups is 1. The summed E-state index contributed by atoms with van der Waals surface area (Å²) in [6, 6.07) is 11.9. The standard InChI is InChI=1S/C27H27F3N4O3/c1-26(2,3)37-25(36)33-13-11-16(12-14-33)21-15-22(35)31-24-23-18(8-6-10-20(23)32-34(21)24)17-7-4-5-9-19(17)27(28,29)30/h4-10,15-16H,11-14H2,1-3H3,(H,31,35). The average molecular weight is 513 g/mol. The summed E-state index contributed by atoms with van der Waals surface area (Å²) in [7, 11) is 0. The van der Waals surface area contributed by atoms with E-state index in [4.69, 9.17) is 4.74 Å². The van der Waals surface area contributed by atoms with Crippen molar-refractivity contribution >= 4 is 22.6 Å². The molecule has 1 N–H and O–H groups in total. The molecule has 5 rings (SSSR count). The van der Waals surface area contributed by atoms with Gasteiger partial charge >= 0.3 is 12.3 Å². The number of benzene rings is 2. The number of amides is 1. The largest absolute Gasteiger partial charge is 0.444 e. The molecule has 0 saturated carbocycles. The van der Waals surface area contributed by atoms with Gasteiger partial charge in [-0.3, -0.25) is 4.79 Å². The van der Waals surface area contributed by atoms with Crippen LogP contribution in [0.1, 0.15) is 50.8 Å². The lowest BCUT2D eigenvalue weighted by atomic mass is 9.93. The third-order valence-electron chi connectivity index (χ3n) is 6.55. The minimum atomic E-state index is -4.54. The summed E-state index contributed by atoms with van der Waals surface area (Å²) in [6.45, 7) is 6.36. The minimum absolute atomic E-state index is 0.0208. The highest BCUT2D eigenvalue weighted by Gasteiger charge is 2.34. The number of halogens is 3. The molecule has 1 aliphatic heterocycles. The third kappa shape index (κ3) is 4.80. The van der Waals surface area contributed by atoms with Crippen LogP contribution in [-0.2, 0) is 10.9 Å². The maximum Gasteiger partial charge on any atom is 0.417 e. The minimum Gasteiger partial charge on any atom is -0.444 e. The van der Waals surface area contributed by atoms with E-state index in [1.165, 1.54) is 18.2 Å². The Morgan fingerprint density at radius 3 is 2.38 bits per heavy atom. The number of aromatic nitrogens is 3. The number of alkyl halides is 3. The number of likely N-dealkylation sites (tertiary alicyclic amines) is 1. The molecule has 4 aromatic rings. The Morgan fingerprint density at radius 2 is 1.70 bits per heavy atom. The molecule has 1 aliphatic rings. The van der Waals surface area contributed by atoms with Gasteiger partial charge in [-0.25, -0.2) is 9.31 Å². The van der Waals surface area contributed by atoms with Gasteiger partial charge in [-0.2, -0.15) is 18.3 Å². The van der Waals surface area contributed by atoms with Gasteiger partial charge in [0.15, 0.2) is 0 Å². The Morgan fingerprint density at radius 1 is 1.03 bits per heavy atom. The lowest BCUT2D eigenvalue weighted by Gasteiger charge is -2.33. The molecule has 1 amide bonds. The molecule has 0 aliphatic carbocycles. The fourth-order valence-corrected chi connectivity index (χ4v) is 4.95. The number of nitrogens with one attached hydrogen (secondary N) is 1. The summed E-state index contributed by atoms with van der Waals surface area (Å²) in [5, 5.41) is 5.12. The molecule has 2 aromatic heterocycles. The smallest absolute Gasteiger partial charge is 0.417 e. The van der Waals surface area contributed by atoms with Gasteiger partial charge in [0, 0.05) is 25.1 Å². The molecule has 0 bridgehead atoms. The van der Waals surface area contributed by atoms with Gasteiger partial charge < -0.3 is 14.6 Å². The Kier molecular flexibility index (Phi) is 6.00. The Bertz CT molecular complexity index is 1540. The quantitative estimate of drug-likeness (QED) is 0.359. The van der Waals surface area contributed by atoms with Crippen molar-refractivity contribution in [2.75, 3.05) is 13.1 Å². The number of aromatic amines is 1. The zero-order chi connectivity index (χ0) is 26.5. The van der Waals surface area contributed by atoms with Gasteiger partial charge in [-0.15, -0.1) is 0 Å². The second-order valence-corrected chi connectivity index (χ2v) is 10.3. The molecular weight excluding hydrogens is 485 g/mol. The number of fused-ring (bicyclic) bond motifs is 3. The van der Waals surface area contributed by atoms with Gasteiger partial charge in [-0.1, -0.05) is 30.3 Å². The van der Waals surface area contributed by atoms with E-state index in [2.05, 4.69) is 10.1 Å². The van der Waals surface area contributed by atoms with E-state index in [0.29, 0.717) is 53.7 Å². The van der Waals surface area contributed by atoms with Gasteiger partial charge in [0.2, 0.25) is 0 Å². The first kappa shape index (κ1) is 24.9. The maximum absolute atomic E-state index is 13.8. The van der Waals surface area contributed by atoms with Gasteiger partial charge in [0.25, 0.3) is 5.56 Å². The number of rotatable bonds is 2. The number of piperidine rings is 1. The van der Waals surface area contributed by atoms with Crippen molar-refractivity contribution in [3.05, 3.63) is 70.1 Å². The van der Waals surface area contributed by atoms with E-state index in [1.807, 2.05) is 20.8 Å². The Balaban J connectivity index is 1.57. The van der Waals surface area contributed by atoms with Crippen molar-refractivity contribution in [3.8, 4) is 11.1 Å². The molecule has 2 aromatic carbocycles. The molecule has 194 valence electrons. The number of carbonyl (C=O) groups excluding carboxylic acids is 1. The summed E-state index contributed by atoms with van der Waals surface area (Å²) in [4.78, 5) is 29.6. The number of hydrogen-bond acceptors (Lipinski definition) is 4. The third-order valence-corrected chi connectivity index (χ3v) is 6.55. The molecule has 1 saturated heterocycles. The monoisotopic (exact) mass is 512 g/mol. The Hall–Kier alpha value is -3.82. The van der Waals surface area contributed by atoms with Crippen LogP contribution in [0.4, 0.5) is 18.0 Å². The molecule has 1 fully saturated rings. The van der Waals surface area contributed by atoms with Gasteiger partial charge in [0.05, 0.1) is 22.2 Å². The van der Waals surface area contributed by atoms with Crippen molar-refractivity contribution in [1.29, 1.82) is 0 Å². The zero-order valence-corrected chi connectivity index (χ0v) is 20.7. The highest BCUT2D eigenvalue weighted by atomic mass is 19.4. The summed E-state index contributed by atoms with van der Waals surface area (Å²) < 4.78 is 48.5. The molecule has 37 heavy (non-hydrogen) atoms. The van der Waals surface area contributed by atoms with Crippen LogP contribution in [0.3, 0.4) is 0 Å². The molecule has 0 atom stereocenters. The van der Waals surface area contributed by atoms with Crippen molar-refractivity contribution in [3.63, 3.8) is 0 Å². The van der Waals surface area contributed by atoms with Crippen LogP contribution in [0.25, 0.3) is 27.7 Å². The number of nitrogens with zero attached hydrogens (tertiary/aromatic N) is 3. The van der Waals surface area contributed by atoms with Crippen LogP contribution in [0.2, 0.25) is 0 Å². The lowest BCUT2D eigenvalue weighted by molar-refractivity contribution is -0.137. The summed E-state index contributed by atoms with van der Waals surface area (Å²) in [6.07, 6.45) is -3.72. The first-order valence-corrected chi connectivity index (χ1v) is 12.1. The molecule has 3 heterocycles. The first-order chi connectivity index (χ1) is 17.4. The number of H-pyrrole nitrogens is 1. The average Bonchev–Trinajstić information content (AvgIpc) is 3.21. The highest BCUT2D eigenvalue weighted by Crippen LogP contribution is 2.40. The number of hydrogen-bond donors (Lipinski definition) is 1. The zero-order valence-electron chi connectivity index (χ0n) is 20.7. The van der Waals surface area contributed by atoms with Crippen molar-refractivity contribution in [1.82, 2.24) is 19.5 Å². The van der Waals surface area contributed by atoms with Crippen LogP contribution >= 0.6 is 0 Å². The molecule has 7 nitrogen and oxygen atoms in total. The van der Waals surface area contributed by atoms with Crippen LogP contribution in [0, 0.1) is 0 Å². The normalized spacial score (nSPS) is 15.5. The van der Waals surface area contributed by atoms with E-state index in [9.17, 15) is 22.8 Å². The van der Waals surface area contributed by atoms with Gasteiger partial charge in [-0.05, 0) is 56.9 Å². The van der Waals surface area contributed by atoms with E-state index in [1.54, 1.807) is 33.7 Å². The van der Waals surface area contributed by atoms with E-state index >= 15 is 0 Å². The van der Waals surface area contributed by atoms with E-state index < -0.39 is 17.3 Å². The summed E-state index contributed by atoms with van der Waals surface area (Å²) in [5.41, 5.74) is 0.134. The summed E-state index contributed by atoms with van der Waals surface area (Å²) in [5.74, 6) is -0.0660. The highest BCUT2D eigenvalue weighted by molar-refractivity contribution is 6.04. The molecular formula is C27H27F3N4O3. The Labute approximate surface area is 210 Å². The molecule has 0 unspecified atom stereocenters. The van der Waals surface area contributed by atoms with Crippen LogP contribution in [0.15, 0.2) is 53.3 Å². The van der Waals surface area contributed by atoms with E-state index in [-0.39, 0.29) is 23.1 Å². The van der Waals surface area contributed by atoms with Crippen LogP contribution in [-0.4, -0.2) is 44.3 Å². The fraction of sp³-hybridized carbons (Fsp3) is 0.370. The molecule has 0 spiro atoms. The van der Waals surface area contributed by atoms with Crippen molar-refractivity contribution in [2.24, 2.45) is 0 Å². The lowest BCUT2D eigenvalue weighted by Crippen LogP contribution is -2.41. The van der Waals surface area contributed by atoms with Crippen molar-refractivity contribution < 1.29 is 22.7 Å². The van der Waals surface area contributed by atoms with E-state index in [0.717, 1.165) is 6.07 Å².